The van der Waals surface area contributed by atoms with Crippen LogP contribution < -0.4 is 10.6 Å². The summed E-state index contributed by atoms with van der Waals surface area (Å²) in [6, 6.07) is 8.04. The van der Waals surface area contributed by atoms with Gasteiger partial charge in [-0.15, -0.1) is 0 Å². The summed E-state index contributed by atoms with van der Waals surface area (Å²) in [7, 11) is 0. The van der Waals surface area contributed by atoms with Crippen LogP contribution in [0.15, 0.2) is 36.7 Å². The normalized spacial score (nSPS) is 25.4. The number of anilines is 2. The summed E-state index contributed by atoms with van der Waals surface area (Å²) in [5.74, 6) is 0.448. The summed E-state index contributed by atoms with van der Waals surface area (Å²) >= 11 is 6.23. The fourth-order valence-electron chi connectivity index (χ4n) is 4.63. The van der Waals surface area contributed by atoms with Gasteiger partial charge in [0.2, 0.25) is 0 Å². The summed E-state index contributed by atoms with van der Waals surface area (Å²) < 4.78 is 0. The highest BCUT2D eigenvalue weighted by molar-refractivity contribution is 6.30. The van der Waals surface area contributed by atoms with Gasteiger partial charge in [-0.25, -0.2) is 14.8 Å². The van der Waals surface area contributed by atoms with Crippen LogP contribution >= 0.6 is 11.6 Å². The minimum absolute atomic E-state index is 0.0470. The third-order valence-electron chi connectivity index (χ3n) is 6.17. The molecule has 162 valence electrons. The van der Waals surface area contributed by atoms with Gasteiger partial charge in [-0.05, 0) is 49.1 Å². The summed E-state index contributed by atoms with van der Waals surface area (Å²) in [6.45, 7) is 1.82. The molecule has 3 aliphatic heterocycles. The van der Waals surface area contributed by atoms with Gasteiger partial charge >= 0.3 is 6.03 Å². The number of amides is 2. The SMILES string of the molecule is O=C(Nc1ncnc2c1NC(N1CCCC1c1cccc(Cl)c1)C=C2)N1CCC(O)C1. The Kier molecular flexibility index (Phi) is 5.52. The number of carbonyl (C=O) groups excluding carboxylic acids is 1. The Balaban J connectivity index is 1.36. The first kappa shape index (κ1) is 20.2. The molecule has 3 unspecified atom stereocenters. The second-order valence-corrected chi connectivity index (χ2v) is 8.64. The number of carbonyl (C=O) groups is 1. The third-order valence-corrected chi connectivity index (χ3v) is 6.40. The monoisotopic (exact) mass is 440 g/mol. The van der Waals surface area contributed by atoms with Crippen LogP contribution in [0.2, 0.25) is 5.02 Å². The van der Waals surface area contributed by atoms with Gasteiger partial charge < -0.3 is 15.3 Å². The fraction of sp³-hybridized carbons (Fsp3) is 0.409. The van der Waals surface area contributed by atoms with Crippen molar-refractivity contribution in [3.05, 3.63) is 52.9 Å². The van der Waals surface area contributed by atoms with E-state index < -0.39 is 6.10 Å². The Hall–Kier alpha value is -2.68. The van der Waals surface area contributed by atoms with Crippen LogP contribution in [0.25, 0.3) is 6.08 Å². The van der Waals surface area contributed by atoms with E-state index in [0.29, 0.717) is 31.0 Å². The molecule has 5 rings (SSSR count). The van der Waals surface area contributed by atoms with Crippen molar-refractivity contribution in [2.24, 2.45) is 0 Å². The number of benzene rings is 1. The zero-order valence-electron chi connectivity index (χ0n) is 17.0. The molecule has 9 heteroatoms. The predicted octanol–water partition coefficient (Wildman–Crippen LogP) is 3.33. The third kappa shape index (κ3) is 4.11. The number of aliphatic hydroxyl groups is 1. The number of aromatic nitrogens is 2. The van der Waals surface area contributed by atoms with Crippen LogP contribution in [0.5, 0.6) is 0 Å². The number of hydrogen-bond acceptors (Lipinski definition) is 6. The van der Waals surface area contributed by atoms with E-state index in [1.807, 2.05) is 24.3 Å². The largest absolute Gasteiger partial charge is 0.391 e. The predicted molar refractivity (Wildman–Crippen MR) is 120 cm³/mol. The second kappa shape index (κ2) is 8.45. The van der Waals surface area contributed by atoms with Crippen molar-refractivity contribution < 1.29 is 9.90 Å². The Labute approximate surface area is 185 Å². The number of hydrogen-bond donors (Lipinski definition) is 3. The second-order valence-electron chi connectivity index (χ2n) is 8.20. The van der Waals surface area contributed by atoms with Crippen molar-refractivity contribution in [3.8, 4) is 0 Å². The van der Waals surface area contributed by atoms with Crippen molar-refractivity contribution >= 4 is 35.2 Å². The molecule has 2 aromatic rings. The molecular weight excluding hydrogens is 416 g/mol. The molecule has 0 bridgehead atoms. The van der Waals surface area contributed by atoms with Crippen LogP contribution in [-0.2, 0) is 0 Å². The highest BCUT2D eigenvalue weighted by Gasteiger charge is 2.33. The Morgan fingerprint density at radius 3 is 2.97 bits per heavy atom. The van der Waals surface area contributed by atoms with Gasteiger partial charge in [-0.3, -0.25) is 10.2 Å². The summed E-state index contributed by atoms with van der Waals surface area (Å²) in [5, 5.41) is 16.9. The lowest BCUT2D eigenvalue weighted by molar-refractivity contribution is 0.176. The molecule has 0 spiro atoms. The molecule has 0 aliphatic carbocycles. The standard InChI is InChI=1S/C22H25ClN6O2/c23-15-4-1-3-14(11-15)18-5-2-9-29(18)19-7-6-17-20(26-19)21(25-13-24-17)27-22(31)28-10-8-16(30)12-28/h1,3-4,6-7,11,13,16,18-19,26,30H,2,5,8-10,12H2,(H,24,25,27,31). The molecule has 1 aromatic heterocycles. The van der Waals surface area contributed by atoms with Crippen molar-refractivity contribution in [1.29, 1.82) is 0 Å². The van der Waals surface area contributed by atoms with Crippen LogP contribution in [0.3, 0.4) is 0 Å². The number of fused-ring (bicyclic) bond motifs is 1. The molecule has 8 nitrogen and oxygen atoms in total. The van der Waals surface area contributed by atoms with Gasteiger partial charge in [0, 0.05) is 30.7 Å². The average Bonchev–Trinajstić information content (AvgIpc) is 3.43. The lowest BCUT2D eigenvalue weighted by Crippen LogP contribution is -2.41. The van der Waals surface area contributed by atoms with Crippen molar-refractivity contribution in [2.45, 2.75) is 37.6 Å². The maximum atomic E-state index is 12.6. The summed E-state index contributed by atoms with van der Waals surface area (Å²) in [4.78, 5) is 25.3. The first-order valence-electron chi connectivity index (χ1n) is 10.6. The highest BCUT2D eigenvalue weighted by atomic mass is 35.5. The van der Waals surface area contributed by atoms with E-state index in [1.54, 1.807) is 4.90 Å². The first-order valence-corrected chi connectivity index (χ1v) is 11.0. The van der Waals surface area contributed by atoms with E-state index >= 15 is 0 Å². The van der Waals surface area contributed by atoms with Crippen LogP contribution in [0.4, 0.5) is 16.3 Å². The Bertz CT molecular complexity index is 1020. The number of nitrogens with zero attached hydrogens (tertiary/aromatic N) is 4. The van der Waals surface area contributed by atoms with Crippen molar-refractivity contribution in [1.82, 2.24) is 19.8 Å². The minimum atomic E-state index is -0.464. The van der Waals surface area contributed by atoms with Gasteiger partial charge in [-0.2, -0.15) is 0 Å². The van der Waals surface area contributed by atoms with Crippen LogP contribution in [-0.4, -0.2) is 62.8 Å². The molecule has 31 heavy (non-hydrogen) atoms. The number of urea groups is 1. The Morgan fingerprint density at radius 2 is 2.16 bits per heavy atom. The number of halogens is 1. The molecule has 3 atom stereocenters. The maximum absolute atomic E-state index is 12.6. The minimum Gasteiger partial charge on any atom is -0.391 e. The zero-order chi connectivity index (χ0) is 21.4. The van der Waals surface area contributed by atoms with E-state index in [9.17, 15) is 9.90 Å². The summed E-state index contributed by atoms with van der Waals surface area (Å²) in [5.41, 5.74) is 2.65. The molecule has 1 aromatic carbocycles. The number of likely N-dealkylation sites (tertiary alicyclic amines) is 2. The molecule has 2 saturated heterocycles. The van der Waals surface area contributed by atoms with Crippen LogP contribution in [0.1, 0.15) is 36.6 Å². The highest BCUT2D eigenvalue weighted by Crippen LogP contribution is 2.37. The molecule has 2 fully saturated rings. The van der Waals surface area contributed by atoms with Gasteiger partial charge in [0.1, 0.15) is 12.0 Å². The van der Waals surface area contributed by atoms with Crippen LogP contribution in [0, 0.1) is 0 Å². The van der Waals surface area contributed by atoms with Gasteiger partial charge in [0.05, 0.1) is 18.0 Å². The van der Waals surface area contributed by atoms with E-state index in [1.165, 1.54) is 11.9 Å². The van der Waals surface area contributed by atoms with E-state index in [4.69, 9.17) is 11.6 Å². The number of rotatable bonds is 3. The quantitative estimate of drug-likeness (QED) is 0.677. The topological polar surface area (TPSA) is 93.6 Å². The maximum Gasteiger partial charge on any atom is 0.323 e. The molecule has 4 heterocycles. The lowest BCUT2D eigenvalue weighted by Gasteiger charge is -2.35. The first-order chi connectivity index (χ1) is 15.1. The smallest absolute Gasteiger partial charge is 0.323 e. The number of aliphatic hydroxyl groups excluding tert-OH is 1. The Morgan fingerprint density at radius 1 is 1.26 bits per heavy atom. The number of nitrogens with one attached hydrogen (secondary N) is 2. The zero-order valence-corrected chi connectivity index (χ0v) is 17.8. The number of β-amino-alcohol motifs (C(OH)–C–C–N with tert-alkyl or cyclic N) is 1. The van der Waals surface area contributed by atoms with Gasteiger partial charge in [-0.1, -0.05) is 23.7 Å². The average molecular weight is 441 g/mol. The van der Waals surface area contributed by atoms with Gasteiger partial charge in [0.25, 0.3) is 0 Å². The summed E-state index contributed by atoms with van der Waals surface area (Å²) in [6.07, 6.45) is 7.76. The molecular formula is C22H25ClN6O2. The van der Waals surface area contributed by atoms with E-state index in [0.717, 1.165) is 30.1 Å². The van der Waals surface area contributed by atoms with E-state index in [2.05, 4.69) is 37.6 Å². The molecule has 3 aliphatic rings. The van der Waals surface area contributed by atoms with E-state index in [-0.39, 0.29) is 18.2 Å². The van der Waals surface area contributed by atoms with Crippen molar-refractivity contribution in [3.63, 3.8) is 0 Å². The molecule has 2 amide bonds. The fourth-order valence-corrected chi connectivity index (χ4v) is 4.83. The molecule has 0 radical (unpaired) electrons. The molecule has 3 N–H and O–H groups in total. The van der Waals surface area contributed by atoms with Gasteiger partial charge in [0.15, 0.2) is 5.82 Å². The molecule has 0 saturated carbocycles. The lowest BCUT2D eigenvalue weighted by atomic mass is 10.0. The van der Waals surface area contributed by atoms with Crippen molar-refractivity contribution in [2.75, 3.05) is 30.3 Å².